The van der Waals surface area contributed by atoms with Crippen molar-refractivity contribution in [2.24, 2.45) is 0 Å². The molecule has 1 aliphatic heterocycles. The molecular formula is C14H18N2O2S. The summed E-state index contributed by atoms with van der Waals surface area (Å²) in [5.41, 5.74) is 0.827. The Morgan fingerprint density at radius 1 is 1.58 bits per heavy atom. The number of morpholine rings is 1. The van der Waals surface area contributed by atoms with E-state index in [9.17, 15) is 4.79 Å². The van der Waals surface area contributed by atoms with Gasteiger partial charge in [0.1, 0.15) is 6.10 Å². The molecule has 102 valence electrons. The number of hydrogen-bond donors (Lipinski definition) is 2. The Morgan fingerprint density at radius 2 is 2.42 bits per heavy atom. The molecule has 5 heteroatoms. The van der Waals surface area contributed by atoms with E-state index in [1.54, 1.807) is 11.8 Å². The van der Waals surface area contributed by atoms with Gasteiger partial charge in [-0.05, 0) is 12.1 Å². The number of para-hydroxylation sites is 1. The molecular weight excluding hydrogens is 260 g/mol. The first-order valence-corrected chi connectivity index (χ1v) is 7.25. The van der Waals surface area contributed by atoms with Crippen molar-refractivity contribution in [3.63, 3.8) is 0 Å². The average molecular weight is 278 g/mol. The van der Waals surface area contributed by atoms with Gasteiger partial charge in [0.05, 0.1) is 12.3 Å². The Hall–Kier alpha value is -1.30. The molecule has 0 aliphatic carbocycles. The Balaban J connectivity index is 2.00. The van der Waals surface area contributed by atoms with Crippen molar-refractivity contribution in [2.45, 2.75) is 11.0 Å². The minimum absolute atomic E-state index is 0.0983. The molecule has 0 radical (unpaired) electrons. The van der Waals surface area contributed by atoms with Crippen molar-refractivity contribution < 1.29 is 9.53 Å². The number of carbonyl (C=O) groups is 1. The normalized spacial score (nSPS) is 18.8. The lowest BCUT2D eigenvalue weighted by Crippen LogP contribution is -2.45. The van der Waals surface area contributed by atoms with Crippen molar-refractivity contribution in [1.82, 2.24) is 5.32 Å². The molecule has 2 rings (SSSR count). The van der Waals surface area contributed by atoms with E-state index in [2.05, 4.69) is 17.2 Å². The fourth-order valence-corrected chi connectivity index (χ4v) is 2.54. The molecule has 1 heterocycles. The number of rotatable bonds is 5. The van der Waals surface area contributed by atoms with Gasteiger partial charge < -0.3 is 15.4 Å². The smallest absolute Gasteiger partial charge is 0.254 e. The third kappa shape index (κ3) is 4.09. The number of ether oxygens (including phenoxy) is 1. The van der Waals surface area contributed by atoms with Crippen molar-refractivity contribution in [3.8, 4) is 0 Å². The fraction of sp³-hybridized carbons (Fsp3) is 0.357. The molecule has 19 heavy (non-hydrogen) atoms. The lowest BCUT2D eigenvalue weighted by Gasteiger charge is -2.23. The second-order valence-corrected chi connectivity index (χ2v) is 5.21. The molecule has 0 saturated carbocycles. The van der Waals surface area contributed by atoms with Crippen LogP contribution in [0.2, 0.25) is 0 Å². The van der Waals surface area contributed by atoms with Crippen molar-refractivity contribution >= 4 is 23.4 Å². The molecule has 0 bridgehead atoms. The summed E-state index contributed by atoms with van der Waals surface area (Å²) in [4.78, 5) is 13.1. The minimum Gasteiger partial charge on any atom is -0.366 e. The van der Waals surface area contributed by atoms with E-state index >= 15 is 0 Å². The van der Waals surface area contributed by atoms with Crippen LogP contribution in [-0.4, -0.2) is 37.5 Å². The summed E-state index contributed by atoms with van der Waals surface area (Å²) >= 11 is 1.65. The molecule has 1 aliphatic rings. The van der Waals surface area contributed by atoms with Gasteiger partial charge in [0.25, 0.3) is 5.91 Å². The zero-order valence-electron chi connectivity index (χ0n) is 10.7. The van der Waals surface area contributed by atoms with E-state index in [-0.39, 0.29) is 5.91 Å². The highest BCUT2D eigenvalue weighted by molar-refractivity contribution is 7.99. The summed E-state index contributed by atoms with van der Waals surface area (Å²) < 4.78 is 5.44. The number of amides is 1. The standard InChI is InChI=1S/C14H18N2O2S/c1-2-9-19-13-6-4-3-5-11(13)16-14(17)12-10-15-7-8-18-12/h2-6,12,15H,1,7-10H2,(H,16,17). The molecule has 1 unspecified atom stereocenters. The van der Waals surface area contributed by atoms with Gasteiger partial charge in [-0.3, -0.25) is 4.79 Å². The second kappa shape index (κ2) is 7.33. The van der Waals surface area contributed by atoms with E-state index in [0.717, 1.165) is 22.9 Å². The number of benzene rings is 1. The van der Waals surface area contributed by atoms with Gasteiger partial charge >= 0.3 is 0 Å². The molecule has 1 saturated heterocycles. The van der Waals surface area contributed by atoms with Gasteiger partial charge in [-0.15, -0.1) is 18.3 Å². The monoisotopic (exact) mass is 278 g/mol. The molecule has 1 aromatic carbocycles. The van der Waals surface area contributed by atoms with E-state index in [1.165, 1.54) is 0 Å². The minimum atomic E-state index is -0.411. The maximum Gasteiger partial charge on any atom is 0.254 e. The average Bonchev–Trinajstić information content (AvgIpc) is 2.47. The Kier molecular flexibility index (Phi) is 5.44. The first-order chi connectivity index (χ1) is 9.31. The molecule has 0 spiro atoms. The van der Waals surface area contributed by atoms with E-state index in [0.29, 0.717) is 13.2 Å². The fourth-order valence-electron chi connectivity index (χ4n) is 1.79. The first-order valence-electron chi connectivity index (χ1n) is 6.27. The summed E-state index contributed by atoms with van der Waals surface area (Å²) in [5.74, 6) is 0.716. The van der Waals surface area contributed by atoms with Crippen LogP contribution in [0.15, 0.2) is 41.8 Å². The van der Waals surface area contributed by atoms with Crippen LogP contribution in [0.1, 0.15) is 0 Å². The number of hydrogen-bond acceptors (Lipinski definition) is 4. The number of thioether (sulfide) groups is 1. The van der Waals surface area contributed by atoms with E-state index in [1.807, 2.05) is 30.3 Å². The zero-order chi connectivity index (χ0) is 13.5. The van der Waals surface area contributed by atoms with Crippen LogP contribution in [0, 0.1) is 0 Å². The molecule has 4 nitrogen and oxygen atoms in total. The lowest BCUT2D eigenvalue weighted by atomic mass is 10.2. The summed E-state index contributed by atoms with van der Waals surface area (Å²) in [6, 6.07) is 7.76. The van der Waals surface area contributed by atoms with Crippen LogP contribution in [0.5, 0.6) is 0 Å². The topological polar surface area (TPSA) is 50.4 Å². The van der Waals surface area contributed by atoms with Gasteiger partial charge in [-0.25, -0.2) is 0 Å². The molecule has 2 N–H and O–H groups in total. The van der Waals surface area contributed by atoms with Gasteiger partial charge in [-0.1, -0.05) is 18.2 Å². The quantitative estimate of drug-likeness (QED) is 0.638. The Labute approximate surface area is 117 Å². The Bertz CT molecular complexity index is 445. The molecule has 1 aromatic rings. The molecule has 1 atom stereocenters. The van der Waals surface area contributed by atoms with Crippen LogP contribution >= 0.6 is 11.8 Å². The predicted molar refractivity (Wildman–Crippen MR) is 78.6 cm³/mol. The maximum atomic E-state index is 12.1. The highest BCUT2D eigenvalue weighted by atomic mass is 32.2. The number of carbonyl (C=O) groups excluding carboxylic acids is 1. The first kappa shape index (κ1) is 14.1. The maximum absolute atomic E-state index is 12.1. The van der Waals surface area contributed by atoms with Crippen molar-refractivity contribution in [3.05, 3.63) is 36.9 Å². The van der Waals surface area contributed by atoms with Gasteiger partial charge in [0.15, 0.2) is 0 Å². The summed E-state index contributed by atoms with van der Waals surface area (Å²) in [6.45, 7) is 5.64. The van der Waals surface area contributed by atoms with Gasteiger partial charge in [0.2, 0.25) is 0 Å². The highest BCUT2D eigenvalue weighted by Gasteiger charge is 2.22. The van der Waals surface area contributed by atoms with Gasteiger partial charge in [0, 0.05) is 23.7 Å². The number of anilines is 1. The summed E-state index contributed by atoms with van der Waals surface area (Å²) in [7, 11) is 0. The molecule has 1 fully saturated rings. The van der Waals surface area contributed by atoms with Crippen LogP contribution in [-0.2, 0) is 9.53 Å². The third-order valence-corrected chi connectivity index (χ3v) is 3.79. The van der Waals surface area contributed by atoms with E-state index < -0.39 is 6.10 Å². The van der Waals surface area contributed by atoms with Crippen molar-refractivity contribution in [1.29, 1.82) is 0 Å². The van der Waals surface area contributed by atoms with Gasteiger partial charge in [-0.2, -0.15) is 0 Å². The van der Waals surface area contributed by atoms with Crippen LogP contribution in [0.25, 0.3) is 0 Å². The van der Waals surface area contributed by atoms with Crippen LogP contribution in [0.4, 0.5) is 5.69 Å². The van der Waals surface area contributed by atoms with E-state index in [4.69, 9.17) is 4.74 Å². The van der Waals surface area contributed by atoms with Crippen LogP contribution in [0.3, 0.4) is 0 Å². The zero-order valence-corrected chi connectivity index (χ0v) is 11.5. The third-order valence-electron chi connectivity index (χ3n) is 2.72. The predicted octanol–water partition coefficient (Wildman–Crippen LogP) is 1.89. The van der Waals surface area contributed by atoms with Crippen molar-refractivity contribution in [2.75, 3.05) is 30.8 Å². The highest BCUT2D eigenvalue weighted by Crippen LogP contribution is 2.27. The number of nitrogens with one attached hydrogen (secondary N) is 2. The largest absolute Gasteiger partial charge is 0.366 e. The Morgan fingerprint density at radius 3 is 3.16 bits per heavy atom. The summed E-state index contributed by atoms with van der Waals surface area (Å²) in [5, 5.41) is 6.08. The second-order valence-electron chi connectivity index (χ2n) is 4.15. The molecule has 0 aromatic heterocycles. The SMILES string of the molecule is C=CCSc1ccccc1NC(=O)C1CNCCO1. The van der Waals surface area contributed by atoms with Crippen LogP contribution < -0.4 is 10.6 Å². The molecule has 1 amide bonds. The summed E-state index contributed by atoms with van der Waals surface area (Å²) in [6.07, 6.45) is 1.43. The lowest BCUT2D eigenvalue weighted by molar-refractivity contribution is -0.128.